The number of aromatic nitrogens is 2. The van der Waals surface area contributed by atoms with Crippen LogP contribution in [-0.2, 0) is 11.2 Å². The Morgan fingerprint density at radius 2 is 2.36 bits per heavy atom. The molecule has 0 aromatic carbocycles. The SMILES string of the molecule is CCc1nnc(NC(=O)C2CC2C)s1. The van der Waals surface area contributed by atoms with Crippen molar-refractivity contribution in [3.05, 3.63) is 5.01 Å². The van der Waals surface area contributed by atoms with Crippen LogP contribution in [0.5, 0.6) is 0 Å². The van der Waals surface area contributed by atoms with E-state index in [1.54, 1.807) is 0 Å². The number of nitrogens with one attached hydrogen (secondary N) is 1. The molecule has 2 unspecified atom stereocenters. The number of nitrogens with zero attached hydrogens (tertiary/aromatic N) is 2. The summed E-state index contributed by atoms with van der Waals surface area (Å²) in [7, 11) is 0. The Hall–Kier alpha value is -0.970. The van der Waals surface area contributed by atoms with Crippen molar-refractivity contribution in [1.29, 1.82) is 0 Å². The van der Waals surface area contributed by atoms with E-state index >= 15 is 0 Å². The molecule has 5 heteroatoms. The Labute approximate surface area is 86.7 Å². The summed E-state index contributed by atoms with van der Waals surface area (Å²) < 4.78 is 0. The van der Waals surface area contributed by atoms with Gasteiger partial charge in [-0.05, 0) is 18.8 Å². The van der Waals surface area contributed by atoms with Crippen LogP contribution in [0.2, 0.25) is 0 Å². The molecule has 0 spiro atoms. The van der Waals surface area contributed by atoms with Crippen LogP contribution in [0.4, 0.5) is 5.13 Å². The smallest absolute Gasteiger partial charge is 0.229 e. The first-order chi connectivity index (χ1) is 6.70. The fraction of sp³-hybridized carbons (Fsp3) is 0.667. The van der Waals surface area contributed by atoms with E-state index in [-0.39, 0.29) is 11.8 Å². The van der Waals surface area contributed by atoms with Crippen molar-refractivity contribution in [2.75, 3.05) is 5.32 Å². The van der Waals surface area contributed by atoms with Crippen LogP contribution in [0.1, 0.15) is 25.3 Å². The molecule has 4 nitrogen and oxygen atoms in total. The Morgan fingerprint density at radius 1 is 1.64 bits per heavy atom. The van der Waals surface area contributed by atoms with Crippen molar-refractivity contribution in [2.24, 2.45) is 11.8 Å². The predicted octanol–water partition coefficient (Wildman–Crippen LogP) is 1.70. The van der Waals surface area contributed by atoms with Crippen LogP contribution < -0.4 is 5.32 Å². The lowest BCUT2D eigenvalue weighted by Gasteiger charge is -1.97. The van der Waals surface area contributed by atoms with Gasteiger partial charge in [-0.2, -0.15) is 0 Å². The van der Waals surface area contributed by atoms with Gasteiger partial charge >= 0.3 is 0 Å². The van der Waals surface area contributed by atoms with Crippen LogP contribution in [0.3, 0.4) is 0 Å². The summed E-state index contributed by atoms with van der Waals surface area (Å²) in [5.41, 5.74) is 0. The van der Waals surface area contributed by atoms with Gasteiger partial charge in [0.1, 0.15) is 5.01 Å². The lowest BCUT2D eigenvalue weighted by atomic mass is 10.3. The van der Waals surface area contributed by atoms with Crippen LogP contribution in [0.15, 0.2) is 0 Å². The Morgan fingerprint density at radius 3 is 2.86 bits per heavy atom. The van der Waals surface area contributed by atoms with Gasteiger partial charge in [-0.25, -0.2) is 0 Å². The maximum atomic E-state index is 11.5. The lowest BCUT2D eigenvalue weighted by Crippen LogP contribution is -2.14. The molecule has 1 aromatic rings. The third-order valence-corrected chi connectivity index (χ3v) is 3.43. The number of amides is 1. The molecule has 0 saturated heterocycles. The first kappa shape index (κ1) is 9.58. The fourth-order valence-corrected chi connectivity index (χ4v) is 2.01. The van der Waals surface area contributed by atoms with Gasteiger partial charge in [0.05, 0.1) is 0 Å². The van der Waals surface area contributed by atoms with Gasteiger partial charge in [-0.3, -0.25) is 4.79 Å². The monoisotopic (exact) mass is 211 g/mol. The molecule has 14 heavy (non-hydrogen) atoms. The maximum absolute atomic E-state index is 11.5. The summed E-state index contributed by atoms with van der Waals surface area (Å²) >= 11 is 1.45. The average molecular weight is 211 g/mol. The Bertz CT molecular complexity index is 350. The number of hydrogen-bond acceptors (Lipinski definition) is 4. The van der Waals surface area contributed by atoms with E-state index < -0.39 is 0 Å². The number of rotatable bonds is 3. The van der Waals surface area contributed by atoms with Crippen LogP contribution in [0, 0.1) is 11.8 Å². The minimum Gasteiger partial charge on any atom is -0.300 e. The van der Waals surface area contributed by atoms with Gasteiger partial charge in [0.15, 0.2) is 0 Å². The van der Waals surface area contributed by atoms with Crippen molar-refractivity contribution in [1.82, 2.24) is 10.2 Å². The van der Waals surface area contributed by atoms with Crippen molar-refractivity contribution in [3.63, 3.8) is 0 Å². The van der Waals surface area contributed by atoms with E-state index in [1.807, 2.05) is 6.92 Å². The zero-order chi connectivity index (χ0) is 10.1. The standard InChI is InChI=1S/C9H13N3OS/c1-3-7-11-12-9(14-7)10-8(13)6-4-5(6)2/h5-6H,3-4H2,1-2H3,(H,10,12,13). The maximum Gasteiger partial charge on any atom is 0.229 e. The third kappa shape index (κ3) is 1.92. The van der Waals surface area contributed by atoms with Crippen molar-refractivity contribution in [3.8, 4) is 0 Å². The second kappa shape index (κ2) is 3.65. The topological polar surface area (TPSA) is 54.9 Å². The van der Waals surface area contributed by atoms with E-state index in [0.29, 0.717) is 11.0 Å². The molecule has 0 radical (unpaired) electrons. The molecule has 1 aliphatic rings. The fourth-order valence-electron chi connectivity index (χ4n) is 1.33. The van der Waals surface area contributed by atoms with E-state index in [4.69, 9.17) is 0 Å². The number of hydrogen-bond donors (Lipinski definition) is 1. The summed E-state index contributed by atoms with van der Waals surface area (Å²) in [6.07, 6.45) is 1.87. The highest BCUT2D eigenvalue weighted by Gasteiger charge is 2.39. The highest BCUT2D eigenvalue weighted by Crippen LogP contribution is 2.38. The van der Waals surface area contributed by atoms with Crippen molar-refractivity contribution in [2.45, 2.75) is 26.7 Å². The normalized spacial score (nSPS) is 24.7. The highest BCUT2D eigenvalue weighted by molar-refractivity contribution is 7.15. The number of aryl methyl sites for hydroxylation is 1. The minimum absolute atomic E-state index is 0.0938. The van der Waals surface area contributed by atoms with E-state index in [1.165, 1.54) is 11.3 Å². The molecule has 1 saturated carbocycles. The van der Waals surface area contributed by atoms with Gasteiger partial charge in [-0.1, -0.05) is 25.2 Å². The molecule has 0 bridgehead atoms. The number of anilines is 1. The lowest BCUT2D eigenvalue weighted by molar-refractivity contribution is -0.117. The van der Waals surface area contributed by atoms with E-state index in [2.05, 4.69) is 22.4 Å². The molecular weight excluding hydrogens is 198 g/mol. The van der Waals surface area contributed by atoms with Gasteiger partial charge in [0.25, 0.3) is 0 Å². The molecular formula is C9H13N3OS. The summed E-state index contributed by atoms with van der Waals surface area (Å²) in [5, 5.41) is 12.2. The predicted molar refractivity (Wildman–Crippen MR) is 55.2 cm³/mol. The van der Waals surface area contributed by atoms with Crippen molar-refractivity contribution < 1.29 is 4.79 Å². The number of carbonyl (C=O) groups is 1. The quantitative estimate of drug-likeness (QED) is 0.827. The number of carbonyl (C=O) groups excluding carboxylic acids is 1. The molecule has 1 aromatic heterocycles. The first-order valence-electron chi connectivity index (χ1n) is 4.84. The zero-order valence-electron chi connectivity index (χ0n) is 8.28. The second-order valence-corrected chi connectivity index (χ2v) is 4.73. The average Bonchev–Trinajstić information content (AvgIpc) is 2.74. The Balaban J connectivity index is 1.93. The summed E-state index contributed by atoms with van der Waals surface area (Å²) in [6, 6.07) is 0. The van der Waals surface area contributed by atoms with Crippen LogP contribution in [-0.4, -0.2) is 16.1 Å². The van der Waals surface area contributed by atoms with Crippen molar-refractivity contribution >= 4 is 22.4 Å². The molecule has 2 atom stereocenters. The second-order valence-electron chi connectivity index (χ2n) is 3.66. The van der Waals surface area contributed by atoms with Gasteiger partial charge in [-0.15, -0.1) is 10.2 Å². The van der Waals surface area contributed by atoms with E-state index in [0.717, 1.165) is 17.8 Å². The molecule has 1 fully saturated rings. The first-order valence-corrected chi connectivity index (χ1v) is 5.65. The molecule has 76 valence electrons. The zero-order valence-corrected chi connectivity index (χ0v) is 9.10. The molecule has 1 amide bonds. The third-order valence-electron chi connectivity index (χ3n) is 2.45. The summed E-state index contributed by atoms with van der Waals surface area (Å²) in [4.78, 5) is 11.5. The molecule has 1 heterocycles. The van der Waals surface area contributed by atoms with Crippen LogP contribution >= 0.6 is 11.3 Å². The van der Waals surface area contributed by atoms with Gasteiger partial charge in [0.2, 0.25) is 11.0 Å². The van der Waals surface area contributed by atoms with Gasteiger partial charge in [0, 0.05) is 5.92 Å². The van der Waals surface area contributed by atoms with E-state index in [9.17, 15) is 4.79 Å². The minimum atomic E-state index is 0.0938. The molecule has 0 aliphatic heterocycles. The summed E-state index contributed by atoms with van der Waals surface area (Å²) in [5.74, 6) is 0.828. The van der Waals surface area contributed by atoms with Crippen LogP contribution in [0.25, 0.3) is 0 Å². The summed E-state index contributed by atoms with van der Waals surface area (Å²) in [6.45, 7) is 4.11. The largest absolute Gasteiger partial charge is 0.300 e. The highest BCUT2D eigenvalue weighted by atomic mass is 32.1. The Kier molecular flexibility index (Phi) is 2.50. The molecule has 2 rings (SSSR count). The van der Waals surface area contributed by atoms with Gasteiger partial charge < -0.3 is 5.32 Å². The molecule has 1 N–H and O–H groups in total. The molecule has 1 aliphatic carbocycles.